The normalized spacial score (nSPS) is 15.4. The van der Waals surface area contributed by atoms with Crippen LogP contribution < -0.4 is 9.64 Å². The monoisotopic (exact) mass is 408 g/mol. The van der Waals surface area contributed by atoms with Crippen LogP contribution in [0.25, 0.3) is 6.08 Å². The van der Waals surface area contributed by atoms with E-state index in [9.17, 15) is 9.59 Å². The average Bonchev–Trinajstić information content (AvgIpc) is 2.98. The predicted molar refractivity (Wildman–Crippen MR) is 115 cm³/mol. The molecule has 6 nitrogen and oxygen atoms in total. The van der Waals surface area contributed by atoms with Gasteiger partial charge in [-0.05, 0) is 48.1 Å². The highest BCUT2D eigenvalue weighted by molar-refractivity contribution is 7.80. The molecule has 1 aliphatic heterocycles. The minimum absolute atomic E-state index is 0.154. The molecule has 0 saturated carbocycles. The third-order valence-electron chi connectivity index (χ3n) is 4.32. The maximum absolute atomic E-state index is 13.1. The third-order valence-corrected chi connectivity index (χ3v) is 4.73. The van der Waals surface area contributed by atoms with Crippen molar-refractivity contribution in [1.82, 2.24) is 4.90 Å². The molecule has 148 valence electrons. The van der Waals surface area contributed by atoms with Gasteiger partial charge >= 0.3 is 5.97 Å². The molecular formula is C22H20N2O4S. The predicted octanol–water partition coefficient (Wildman–Crippen LogP) is 3.40. The molecule has 1 fully saturated rings. The number of allylic oxidation sites excluding steroid dienone is 2. The van der Waals surface area contributed by atoms with Crippen LogP contribution in [0.15, 0.2) is 72.4 Å². The highest BCUT2D eigenvalue weighted by Crippen LogP contribution is 2.29. The second-order valence-corrected chi connectivity index (χ2v) is 6.47. The van der Waals surface area contributed by atoms with Crippen LogP contribution in [0.2, 0.25) is 0 Å². The molecule has 7 heteroatoms. The first-order valence-electron chi connectivity index (χ1n) is 8.85. The van der Waals surface area contributed by atoms with Gasteiger partial charge in [0.15, 0.2) is 5.11 Å². The number of hydrogen-bond acceptors (Lipinski definition) is 5. The number of thiocarbonyl (C=S) groups is 1. The van der Waals surface area contributed by atoms with Crippen molar-refractivity contribution in [3.05, 3.63) is 78.0 Å². The molecule has 0 aliphatic carbocycles. The zero-order chi connectivity index (χ0) is 20.8. The van der Waals surface area contributed by atoms with Crippen LogP contribution in [0.5, 0.6) is 5.75 Å². The Morgan fingerprint density at radius 2 is 1.76 bits per heavy atom. The van der Waals surface area contributed by atoms with E-state index in [1.807, 2.05) is 36.4 Å². The van der Waals surface area contributed by atoms with Crippen LogP contribution in [0.3, 0.4) is 0 Å². The molecule has 29 heavy (non-hydrogen) atoms. The Balaban J connectivity index is 1.93. The summed E-state index contributed by atoms with van der Waals surface area (Å²) in [5, 5.41) is 0.213. The Kier molecular flexibility index (Phi) is 6.41. The van der Waals surface area contributed by atoms with Crippen molar-refractivity contribution in [1.29, 1.82) is 0 Å². The lowest BCUT2D eigenvalue weighted by Crippen LogP contribution is -2.35. The zero-order valence-corrected chi connectivity index (χ0v) is 16.9. The summed E-state index contributed by atoms with van der Waals surface area (Å²) in [5.41, 5.74) is 1.87. The number of nitrogens with zero attached hydrogens (tertiary/aromatic N) is 2. The smallest absolute Gasteiger partial charge is 0.325 e. The van der Waals surface area contributed by atoms with Gasteiger partial charge in [0.25, 0.3) is 5.91 Å². The van der Waals surface area contributed by atoms with Gasteiger partial charge in [-0.3, -0.25) is 14.5 Å². The Hall–Kier alpha value is -3.45. The molecular weight excluding hydrogens is 388 g/mol. The number of methoxy groups -OCH3 is 2. The van der Waals surface area contributed by atoms with Gasteiger partial charge in [0.05, 0.1) is 19.9 Å². The lowest BCUT2D eigenvalue weighted by Gasteiger charge is -2.19. The van der Waals surface area contributed by atoms with Crippen LogP contribution in [0.4, 0.5) is 5.69 Å². The first-order valence-corrected chi connectivity index (χ1v) is 9.26. The van der Waals surface area contributed by atoms with Crippen LogP contribution >= 0.6 is 12.2 Å². The van der Waals surface area contributed by atoms with Crippen LogP contribution in [-0.4, -0.2) is 42.7 Å². The quantitative estimate of drug-likeness (QED) is 0.415. The first-order chi connectivity index (χ1) is 14.0. The minimum Gasteiger partial charge on any atom is -0.497 e. The summed E-state index contributed by atoms with van der Waals surface area (Å²) >= 11 is 5.50. The van der Waals surface area contributed by atoms with Crippen molar-refractivity contribution in [2.24, 2.45) is 0 Å². The molecule has 0 atom stereocenters. The molecule has 0 radical (unpaired) electrons. The van der Waals surface area contributed by atoms with E-state index < -0.39 is 5.97 Å². The standard InChI is InChI=1S/C22H20N2O4S/c1-27-18-13-11-17(12-14-18)24-21(26)19(23(22(24)29)15-20(25)28-2)10-6-9-16-7-4-3-5-8-16/h3-14H,15H2,1-2H3/b9-6+,19-10-. The topological polar surface area (TPSA) is 59.1 Å². The third kappa shape index (κ3) is 4.52. The van der Waals surface area contributed by atoms with Gasteiger partial charge in [-0.1, -0.05) is 42.5 Å². The van der Waals surface area contributed by atoms with E-state index >= 15 is 0 Å². The molecule has 2 aromatic rings. The Morgan fingerprint density at radius 1 is 1.07 bits per heavy atom. The van der Waals surface area contributed by atoms with E-state index in [0.29, 0.717) is 17.1 Å². The van der Waals surface area contributed by atoms with Gasteiger partial charge in [0, 0.05) is 0 Å². The van der Waals surface area contributed by atoms with Gasteiger partial charge in [-0.2, -0.15) is 0 Å². The van der Waals surface area contributed by atoms with Crippen molar-refractivity contribution in [2.45, 2.75) is 0 Å². The number of carbonyl (C=O) groups is 2. The number of carbonyl (C=O) groups excluding carboxylic acids is 2. The van der Waals surface area contributed by atoms with E-state index in [1.165, 1.54) is 16.9 Å². The molecule has 0 bridgehead atoms. The second kappa shape index (κ2) is 9.16. The van der Waals surface area contributed by atoms with Crippen molar-refractivity contribution < 1.29 is 19.1 Å². The fourth-order valence-corrected chi connectivity index (χ4v) is 3.17. The summed E-state index contributed by atoms with van der Waals surface area (Å²) in [6, 6.07) is 16.6. The molecule has 3 rings (SSSR count). The van der Waals surface area contributed by atoms with E-state index in [0.717, 1.165) is 5.56 Å². The van der Waals surface area contributed by atoms with Crippen molar-refractivity contribution >= 4 is 41.0 Å². The number of anilines is 1. The fourth-order valence-electron chi connectivity index (χ4n) is 2.82. The molecule has 0 spiro atoms. The minimum atomic E-state index is -0.491. The van der Waals surface area contributed by atoms with E-state index in [1.54, 1.807) is 43.5 Å². The fraction of sp³-hybridized carbons (Fsp3) is 0.136. The summed E-state index contributed by atoms with van der Waals surface area (Å²) in [6.07, 6.45) is 5.27. The van der Waals surface area contributed by atoms with Gasteiger partial charge in [0.2, 0.25) is 0 Å². The van der Waals surface area contributed by atoms with E-state index in [4.69, 9.17) is 21.7 Å². The molecule has 1 saturated heterocycles. The SMILES string of the molecule is COC(=O)CN1C(=S)N(c2ccc(OC)cc2)C(=O)/C1=C/C=C/c1ccccc1. The maximum atomic E-state index is 13.1. The summed E-state index contributed by atoms with van der Waals surface area (Å²) < 4.78 is 9.92. The van der Waals surface area contributed by atoms with Crippen molar-refractivity contribution in [3.8, 4) is 5.75 Å². The molecule has 0 aromatic heterocycles. The number of ether oxygens (including phenoxy) is 2. The van der Waals surface area contributed by atoms with Crippen molar-refractivity contribution in [2.75, 3.05) is 25.7 Å². The number of esters is 1. The first kappa shape index (κ1) is 20.3. The molecule has 2 aromatic carbocycles. The van der Waals surface area contributed by atoms with Gasteiger partial charge in [-0.15, -0.1) is 0 Å². The summed E-state index contributed by atoms with van der Waals surface area (Å²) in [5.74, 6) is -0.143. The number of benzene rings is 2. The van der Waals surface area contributed by atoms with Crippen LogP contribution in [0.1, 0.15) is 5.56 Å². The number of amides is 1. The van der Waals surface area contributed by atoms with Gasteiger partial charge in [-0.25, -0.2) is 0 Å². The zero-order valence-electron chi connectivity index (χ0n) is 16.1. The largest absolute Gasteiger partial charge is 0.497 e. The van der Waals surface area contributed by atoms with Gasteiger partial charge in [0.1, 0.15) is 18.0 Å². The Morgan fingerprint density at radius 3 is 2.38 bits per heavy atom. The molecule has 0 unspecified atom stereocenters. The number of rotatable bonds is 6. The Bertz CT molecular complexity index is 968. The molecule has 0 N–H and O–H groups in total. The second-order valence-electron chi connectivity index (χ2n) is 6.11. The van der Waals surface area contributed by atoms with Gasteiger partial charge < -0.3 is 14.4 Å². The maximum Gasteiger partial charge on any atom is 0.325 e. The highest BCUT2D eigenvalue weighted by atomic mass is 32.1. The summed E-state index contributed by atoms with van der Waals surface area (Å²) in [6.45, 7) is -0.154. The molecule has 1 heterocycles. The summed E-state index contributed by atoms with van der Waals surface area (Å²) in [4.78, 5) is 27.8. The average molecular weight is 408 g/mol. The lowest BCUT2D eigenvalue weighted by molar-refractivity contribution is -0.140. The number of hydrogen-bond donors (Lipinski definition) is 0. The van der Waals surface area contributed by atoms with E-state index in [-0.39, 0.29) is 17.6 Å². The van der Waals surface area contributed by atoms with Crippen LogP contribution in [0, 0.1) is 0 Å². The van der Waals surface area contributed by atoms with Crippen molar-refractivity contribution in [3.63, 3.8) is 0 Å². The molecule has 1 amide bonds. The Labute approximate surface area is 174 Å². The van der Waals surface area contributed by atoms with E-state index in [2.05, 4.69) is 0 Å². The van der Waals surface area contributed by atoms with Crippen LogP contribution in [-0.2, 0) is 14.3 Å². The molecule has 1 aliphatic rings. The lowest BCUT2D eigenvalue weighted by atomic mass is 10.2. The summed E-state index contributed by atoms with van der Waals surface area (Å²) in [7, 11) is 2.86. The highest BCUT2D eigenvalue weighted by Gasteiger charge is 2.39.